The smallest absolute Gasteiger partial charge is 0.264 e. The number of aryl methyl sites for hydroxylation is 1. The van der Waals surface area contributed by atoms with Gasteiger partial charge in [0.2, 0.25) is 11.8 Å². The van der Waals surface area contributed by atoms with Crippen molar-refractivity contribution in [2.24, 2.45) is 17.8 Å². The molecule has 4 aliphatic rings. The number of methoxy groups -OCH3 is 1. The molecular formula is C52H64N8O6Si. The number of rotatable bonds is 15. The van der Waals surface area contributed by atoms with Gasteiger partial charge in [-0.2, -0.15) is 0 Å². The Morgan fingerprint density at radius 3 is 2.19 bits per heavy atom. The minimum atomic E-state index is -2.49. The van der Waals surface area contributed by atoms with E-state index in [2.05, 4.69) is 63.7 Å². The van der Waals surface area contributed by atoms with Crippen molar-refractivity contribution in [1.82, 2.24) is 25.6 Å². The van der Waals surface area contributed by atoms with Gasteiger partial charge in [0.1, 0.15) is 5.75 Å². The number of amides is 3. The fraction of sp³-hybridized carbons (Fsp3) is 0.442. The summed E-state index contributed by atoms with van der Waals surface area (Å²) in [7, 11) is -0.820. The number of hydrogen-bond acceptors (Lipinski definition) is 10. The predicted octanol–water partition coefficient (Wildman–Crippen LogP) is 6.14. The van der Waals surface area contributed by atoms with Crippen LogP contribution in [0.5, 0.6) is 5.75 Å². The minimum Gasteiger partial charge on any atom is -0.497 e. The van der Waals surface area contributed by atoms with E-state index in [9.17, 15) is 14.7 Å². The Morgan fingerprint density at radius 2 is 1.57 bits per heavy atom. The maximum atomic E-state index is 15.7. The number of fused-ring (bicyclic) bond motifs is 2. The van der Waals surface area contributed by atoms with Crippen LogP contribution in [0.3, 0.4) is 0 Å². The van der Waals surface area contributed by atoms with E-state index >= 15 is 4.79 Å². The highest BCUT2D eigenvalue weighted by Crippen LogP contribution is 2.60. The number of aliphatic hydroxyl groups is 1. The van der Waals surface area contributed by atoms with Crippen LogP contribution in [0, 0.1) is 17.8 Å². The monoisotopic (exact) mass is 924 g/mol. The molecule has 9 rings (SSSR count). The van der Waals surface area contributed by atoms with E-state index in [1.54, 1.807) is 7.11 Å². The standard InChI is InChI=1S/C52H64N8O6Si/c1-34-48(67(3,4)42-21-19-41(65-2)20-22-42)47(24-27-59-32-45(57-58-59)43(33-61)36-10-6-5-7-11-36)66-52(34)44-28-40(56-50(63)38-13-9-26-54-30-38)18-23-46(44)60(51(52)64)31-35-14-16-39(17-15-35)55-49(62)37-12-8-25-53-29-37/h5-7,10-11,14-23,28,32,34,37-38,43,47-48,53-54,61H,8-9,12-13,24-27,29-31,33H2,1-4H3,(H,55,62)(H,56,63)/t34-,37?,38?,43?,47+,48-,52+/m1/s1. The summed E-state index contributed by atoms with van der Waals surface area (Å²) >= 11 is 0. The minimum absolute atomic E-state index is 0.0107. The molecule has 3 amide bonds. The maximum absolute atomic E-state index is 15.7. The number of nitrogens with zero attached hydrogens (tertiary/aromatic N) is 4. The van der Waals surface area contributed by atoms with E-state index in [0.29, 0.717) is 43.1 Å². The molecule has 0 radical (unpaired) electrons. The molecule has 0 bridgehead atoms. The lowest BCUT2D eigenvalue weighted by molar-refractivity contribution is -0.146. The summed E-state index contributed by atoms with van der Waals surface area (Å²) in [5.74, 6) is -0.192. The number of hydrogen-bond donors (Lipinski definition) is 5. The maximum Gasteiger partial charge on any atom is 0.264 e. The first-order valence-electron chi connectivity index (χ1n) is 24.0. The number of ether oxygens (including phenoxy) is 2. The largest absolute Gasteiger partial charge is 0.497 e. The van der Waals surface area contributed by atoms with E-state index in [1.165, 1.54) is 5.19 Å². The van der Waals surface area contributed by atoms with Crippen LogP contribution in [0.25, 0.3) is 0 Å². The van der Waals surface area contributed by atoms with Crippen molar-refractivity contribution in [3.8, 4) is 5.75 Å². The quantitative estimate of drug-likeness (QED) is 0.0769. The second-order valence-electron chi connectivity index (χ2n) is 19.4. The molecule has 4 aliphatic heterocycles. The van der Waals surface area contributed by atoms with Crippen molar-refractivity contribution in [2.75, 3.05) is 55.4 Å². The molecule has 7 atom stereocenters. The lowest BCUT2D eigenvalue weighted by atomic mass is 9.82. The van der Waals surface area contributed by atoms with E-state index in [1.807, 2.05) is 101 Å². The van der Waals surface area contributed by atoms with Gasteiger partial charge in [0.15, 0.2) is 5.60 Å². The lowest BCUT2D eigenvalue weighted by Crippen LogP contribution is -2.51. The first-order valence-corrected chi connectivity index (χ1v) is 27.0. The van der Waals surface area contributed by atoms with Crippen molar-refractivity contribution in [3.63, 3.8) is 0 Å². The van der Waals surface area contributed by atoms with Crippen molar-refractivity contribution in [2.45, 2.75) is 88.4 Å². The topological polar surface area (TPSA) is 172 Å². The zero-order valence-corrected chi connectivity index (χ0v) is 40.0. The van der Waals surface area contributed by atoms with Gasteiger partial charge in [-0.3, -0.25) is 19.1 Å². The Hall–Kier alpha value is -5.71. The highest BCUT2D eigenvalue weighted by atomic mass is 28.3. The number of anilines is 3. The summed E-state index contributed by atoms with van der Waals surface area (Å²) in [6.45, 7) is 10.7. The van der Waals surface area contributed by atoms with Crippen molar-refractivity contribution in [3.05, 3.63) is 126 Å². The summed E-state index contributed by atoms with van der Waals surface area (Å²) in [5, 5.41) is 33.7. The molecule has 0 aliphatic carbocycles. The second kappa shape index (κ2) is 19.9. The van der Waals surface area contributed by atoms with Gasteiger partial charge in [-0.05, 0) is 104 Å². The second-order valence-corrected chi connectivity index (χ2v) is 24.1. The van der Waals surface area contributed by atoms with E-state index in [4.69, 9.17) is 9.47 Å². The molecule has 5 aromatic rings. The third kappa shape index (κ3) is 9.31. The van der Waals surface area contributed by atoms with Gasteiger partial charge in [-0.15, -0.1) is 5.10 Å². The number of carbonyl (C=O) groups excluding carboxylic acids is 3. The lowest BCUT2D eigenvalue weighted by Gasteiger charge is -2.37. The van der Waals surface area contributed by atoms with Gasteiger partial charge in [0, 0.05) is 48.7 Å². The molecule has 4 aromatic carbocycles. The van der Waals surface area contributed by atoms with Gasteiger partial charge >= 0.3 is 0 Å². The normalized spacial score (nSPS) is 24.3. The zero-order chi connectivity index (χ0) is 46.7. The molecule has 3 saturated heterocycles. The van der Waals surface area contributed by atoms with Crippen molar-refractivity contribution in [1.29, 1.82) is 0 Å². The van der Waals surface area contributed by atoms with Gasteiger partial charge in [0.25, 0.3) is 5.91 Å². The van der Waals surface area contributed by atoms with Crippen LogP contribution in [-0.4, -0.2) is 91.9 Å². The predicted molar refractivity (Wildman–Crippen MR) is 262 cm³/mol. The highest BCUT2D eigenvalue weighted by molar-refractivity contribution is 6.91. The fourth-order valence-corrected chi connectivity index (χ4v) is 15.3. The van der Waals surface area contributed by atoms with Gasteiger partial charge in [-0.25, -0.2) is 0 Å². The number of carbonyl (C=O) groups is 3. The molecule has 67 heavy (non-hydrogen) atoms. The Morgan fingerprint density at radius 1 is 0.910 bits per heavy atom. The van der Waals surface area contributed by atoms with E-state index in [-0.39, 0.29) is 66.2 Å². The Balaban J connectivity index is 1.06. The Bertz CT molecular complexity index is 2530. The highest BCUT2D eigenvalue weighted by Gasteiger charge is 2.66. The molecule has 0 saturated carbocycles. The molecule has 3 fully saturated rings. The summed E-state index contributed by atoms with van der Waals surface area (Å²) < 4.78 is 14.9. The third-order valence-corrected chi connectivity index (χ3v) is 19.3. The molecule has 352 valence electrons. The summed E-state index contributed by atoms with van der Waals surface area (Å²) in [5.41, 5.74) is 3.99. The van der Waals surface area contributed by atoms with E-state index < -0.39 is 13.7 Å². The number of aliphatic hydroxyl groups excluding tert-OH is 1. The van der Waals surface area contributed by atoms with Gasteiger partial charge in [0.05, 0.1) is 63.6 Å². The molecule has 5 N–H and O–H groups in total. The van der Waals surface area contributed by atoms with Crippen molar-refractivity contribution < 1.29 is 29.0 Å². The number of piperidine rings is 2. The first kappa shape index (κ1) is 46.4. The molecule has 1 spiro atoms. The molecule has 1 aromatic heterocycles. The van der Waals surface area contributed by atoms with Crippen LogP contribution in [-0.2, 0) is 37.8 Å². The molecule has 5 heterocycles. The average molecular weight is 925 g/mol. The molecule has 14 nitrogen and oxygen atoms in total. The van der Waals surface area contributed by atoms with Gasteiger partial charge < -0.3 is 40.7 Å². The van der Waals surface area contributed by atoms with Gasteiger partial charge in [-0.1, -0.05) is 85.0 Å². The van der Waals surface area contributed by atoms with E-state index in [0.717, 1.165) is 66.9 Å². The fourth-order valence-electron chi connectivity index (χ4n) is 11.2. The number of nitrogens with one attached hydrogen (secondary N) is 4. The first-order chi connectivity index (χ1) is 32.5. The van der Waals surface area contributed by atoms with Crippen molar-refractivity contribution >= 4 is 48.0 Å². The SMILES string of the molecule is COc1ccc([Si](C)(C)[C@H]2[C@H](CCn3cc(C(CO)c4ccccc4)nn3)O[C@@]3(C(=O)N(Cc4ccc(NC(=O)C5CCCNC5)cc4)c4ccc(NC(=O)C5CCCNC5)cc43)[C@@H]2C)cc1. The zero-order valence-electron chi connectivity index (χ0n) is 39.0. The number of benzene rings is 4. The van der Waals surface area contributed by atoms with Crippen LogP contribution >= 0.6 is 0 Å². The van der Waals surface area contributed by atoms with Crippen LogP contribution < -0.4 is 36.1 Å². The van der Waals surface area contributed by atoms with Crippen LogP contribution in [0.1, 0.15) is 67.3 Å². The molecule has 15 heteroatoms. The molecular weight excluding hydrogens is 861 g/mol. The summed E-state index contributed by atoms with van der Waals surface area (Å²) in [6.07, 6.45) is 5.69. The summed E-state index contributed by atoms with van der Waals surface area (Å²) in [6, 6.07) is 31.7. The Kier molecular flexibility index (Phi) is 13.8. The molecule has 3 unspecified atom stereocenters. The summed E-state index contributed by atoms with van der Waals surface area (Å²) in [4.78, 5) is 44.3. The third-order valence-electron chi connectivity index (χ3n) is 14.9. The Labute approximate surface area is 394 Å². The van der Waals surface area contributed by atoms with Crippen LogP contribution in [0.4, 0.5) is 17.1 Å². The van der Waals surface area contributed by atoms with Crippen LogP contribution in [0.15, 0.2) is 103 Å². The van der Waals surface area contributed by atoms with Crippen LogP contribution in [0.2, 0.25) is 18.6 Å². The number of aromatic nitrogens is 3. The average Bonchev–Trinajstić information content (AvgIpc) is 4.02.